The van der Waals surface area contributed by atoms with Gasteiger partial charge in [0.15, 0.2) is 5.16 Å². The van der Waals surface area contributed by atoms with Crippen LogP contribution in [-0.4, -0.2) is 37.9 Å². The quantitative estimate of drug-likeness (QED) is 0.101. The van der Waals surface area contributed by atoms with Crippen LogP contribution in [0.4, 0.5) is 0 Å². The lowest BCUT2D eigenvalue weighted by Gasteiger charge is -2.23. The number of unbranched alkanes of at least 4 members (excludes halogenated alkanes) is 1. The summed E-state index contributed by atoms with van der Waals surface area (Å²) in [6.07, 6.45) is 3.90. The van der Waals surface area contributed by atoms with E-state index in [9.17, 15) is 4.79 Å². The molecule has 0 radical (unpaired) electrons. The molecule has 214 valence electrons. The van der Waals surface area contributed by atoms with E-state index in [-0.39, 0.29) is 5.91 Å². The lowest BCUT2D eigenvalue weighted by Crippen LogP contribution is -2.32. The van der Waals surface area contributed by atoms with Crippen molar-refractivity contribution in [2.75, 3.05) is 12.3 Å². The summed E-state index contributed by atoms with van der Waals surface area (Å²) in [6, 6.07) is 39.5. The van der Waals surface area contributed by atoms with Crippen LogP contribution in [0.25, 0.3) is 5.69 Å². The van der Waals surface area contributed by atoms with Crippen LogP contribution in [0.15, 0.2) is 120 Å². The van der Waals surface area contributed by atoms with Gasteiger partial charge < -0.3 is 4.90 Å². The molecule has 1 amide bonds. The topological polar surface area (TPSA) is 51.0 Å². The molecule has 0 aliphatic carbocycles. The van der Waals surface area contributed by atoms with Crippen molar-refractivity contribution in [2.24, 2.45) is 0 Å². The van der Waals surface area contributed by atoms with Gasteiger partial charge >= 0.3 is 0 Å². The van der Waals surface area contributed by atoms with E-state index in [1.807, 2.05) is 35.2 Å². The number of para-hydroxylation sites is 1. The van der Waals surface area contributed by atoms with Crippen molar-refractivity contribution in [1.29, 1.82) is 0 Å². The van der Waals surface area contributed by atoms with Crippen molar-refractivity contribution in [3.8, 4) is 5.69 Å². The van der Waals surface area contributed by atoms with Gasteiger partial charge in [0.05, 0.1) is 5.69 Å². The maximum absolute atomic E-state index is 13.3. The van der Waals surface area contributed by atoms with Crippen LogP contribution in [0.2, 0.25) is 0 Å². The Hall–Kier alpha value is -4.16. The number of thioether (sulfide) groups is 1. The molecule has 5 nitrogen and oxygen atoms in total. The molecule has 5 rings (SSSR count). The van der Waals surface area contributed by atoms with E-state index in [1.54, 1.807) is 11.8 Å². The van der Waals surface area contributed by atoms with Gasteiger partial charge in [-0.2, -0.15) is 0 Å². The molecular formula is C36H38N4OS. The minimum Gasteiger partial charge on any atom is -0.338 e. The predicted octanol–water partition coefficient (Wildman–Crippen LogP) is 7.70. The van der Waals surface area contributed by atoms with E-state index in [0.717, 1.165) is 60.2 Å². The number of carbonyl (C=O) groups is 1. The summed E-state index contributed by atoms with van der Waals surface area (Å²) in [5, 5.41) is 10.1. The first-order chi connectivity index (χ1) is 20.7. The van der Waals surface area contributed by atoms with Gasteiger partial charge in [0.25, 0.3) is 0 Å². The van der Waals surface area contributed by atoms with Crippen LogP contribution in [0, 0.1) is 6.92 Å². The molecular weight excluding hydrogens is 536 g/mol. The number of amides is 1. The second kappa shape index (κ2) is 15.2. The molecule has 1 heterocycles. The zero-order valence-corrected chi connectivity index (χ0v) is 25.0. The molecule has 0 atom stereocenters. The fourth-order valence-corrected chi connectivity index (χ4v) is 6.01. The maximum atomic E-state index is 13.3. The third-order valence-electron chi connectivity index (χ3n) is 7.36. The van der Waals surface area contributed by atoms with E-state index in [1.165, 1.54) is 16.7 Å². The zero-order chi connectivity index (χ0) is 29.0. The van der Waals surface area contributed by atoms with Crippen LogP contribution in [-0.2, 0) is 24.2 Å². The van der Waals surface area contributed by atoms with Gasteiger partial charge in [0.2, 0.25) is 5.91 Å². The zero-order valence-electron chi connectivity index (χ0n) is 24.2. The Balaban J connectivity index is 1.19. The van der Waals surface area contributed by atoms with Gasteiger partial charge in [-0.25, -0.2) is 0 Å². The summed E-state index contributed by atoms with van der Waals surface area (Å²) < 4.78 is 2.20. The number of rotatable bonds is 14. The number of nitrogens with zero attached hydrogens (tertiary/aromatic N) is 4. The predicted molar refractivity (Wildman–Crippen MR) is 172 cm³/mol. The van der Waals surface area contributed by atoms with E-state index in [0.29, 0.717) is 13.0 Å². The molecule has 0 saturated heterocycles. The molecule has 4 aromatic carbocycles. The number of benzene rings is 4. The van der Waals surface area contributed by atoms with Crippen molar-refractivity contribution in [3.63, 3.8) is 0 Å². The fourth-order valence-electron chi connectivity index (χ4n) is 5.05. The summed E-state index contributed by atoms with van der Waals surface area (Å²) >= 11 is 1.72. The Labute approximate surface area is 253 Å². The molecule has 0 bridgehead atoms. The van der Waals surface area contributed by atoms with Crippen molar-refractivity contribution in [3.05, 3.63) is 143 Å². The molecule has 0 fully saturated rings. The molecule has 5 aromatic rings. The average Bonchev–Trinajstić information content (AvgIpc) is 3.42. The molecule has 0 unspecified atom stereocenters. The highest BCUT2D eigenvalue weighted by molar-refractivity contribution is 7.99. The van der Waals surface area contributed by atoms with Crippen molar-refractivity contribution >= 4 is 17.7 Å². The third-order valence-corrected chi connectivity index (χ3v) is 8.38. The second-order valence-electron chi connectivity index (χ2n) is 10.5. The Bertz CT molecular complexity index is 1540. The van der Waals surface area contributed by atoms with Crippen molar-refractivity contribution in [2.45, 2.75) is 50.7 Å². The first-order valence-corrected chi connectivity index (χ1v) is 15.7. The first kappa shape index (κ1) is 29.3. The first-order valence-electron chi connectivity index (χ1n) is 14.7. The largest absolute Gasteiger partial charge is 0.338 e. The highest BCUT2D eigenvalue weighted by atomic mass is 32.2. The van der Waals surface area contributed by atoms with E-state index in [2.05, 4.69) is 107 Å². The number of hydrogen-bond acceptors (Lipinski definition) is 4. The molecule has 0 aliphatic heterocycles. The normalized spacial score (nSPS) is 11.0. The summed E-state index contributed by atoms with van der Waals surface area (Å²) in [4.78, 5) is 15.4. The Kier molecular flexibility index (Phi) is 10.6. The van der Waals surface area contributed by atoms with Crippen molar-refractivity contribution < 1.29 is 4.79 Å². The van der Waals surface area contributed by atoms with E-state index >= 15 is 0 Å². The van der Waals surface area contributed by atoms with Gasteiger partial charge in [-0.1, -0.05) is 121 Å². The molecule has 42 heavy (non-hydrogen) atoms. The number of hydrogen-bond donors (Lipinski definition) is 0. The summed E-state index contributed by atoms with van der Waals surface area (Å²) in [5.41, 5.74) is 5.93. The third kappa shape index (κ3) is 8.20. The number of carbonyl (C=O) groups excluding carboxylic acids is 1. The summed E-state index contributed by atoms with van der Waals surface area (Å²) in [6.45, 7) is 3.49. The number of aryl methyl sites for hydroxylation is 1. The highest BCUT2D eigenvalue weighted by Gasteiger charge is 2.17. The molecule has 0 aliphatic rings. The fraction of sp³-hybridized carbons (Fsp3) is 0.250. The van der Waals surface area contributed by atoms with Crippen LogP contribution in [0.3, 0.4) is 0 Å². The minimum absolute atomic E-state index is 0.216. The monoisotopic (exact) mass is 574 g/mol. The summed E-state index contributed by atoms with van der Waals surface area (Å²) in [7, 11) is 0. The Morgan fingerprint density at radius 2 is 1.36 bits per heavy atom. The molecule has 0 saturated carbocycles. The molecule has 1 aromatic heterocycles. The molecule has 6 heteroatoms. The second-order valence-corrected chi connectivity index (χ2v) is 11.6. The molecule has 0 N–H and O–H groups in total. The summed E-state index contributed by atoms with van der Waals surface area (Å²) in [5.74, 6) is 2.03. The average molecular weight is 575 g/mol. The van der Waals surface area contributed by atoms with Crippen LogP contribution in [0.1, 0.15) is 47.3 Å². The Morgan fingerprint density at radius 3 is 2.05 bits per heavy atom. The van der Waals surface area contributed by atoms with Gasteiger partial charge in [0.1, 0.15) is 5.82 Å². The van der Waals surface area contributed by atoms with Gasteiger partial charge in [0, 0.05) is 31.7 Å². The SMILES string of the molecule is Cc1ccccc1-n1c(Cc2ccccc2)nnc1SCCCCC(=O)N(CCc1ccccc1)Cc1ccccc1. The maximum Gasteiger partial charge on any atom is 0.222 e. The standard InChI is InChI=1S/C36H38N4OS/c1-29-15-11-12-22-33(29)40-34(27-31-18-7-3-8-19-31)37-38-36(40)42-26-14-13-23-35(41)39(28-32-20-9-4-10-21-32)25-24-30-16-5-2-6-17-30/h2-12,15-22H,13-14,23-28H2,1H3. The minimum atomic E-state index is 0.216. The lowest BCUT2D eigenvalue weighted by molar-refractivity contribution is -0.131. The van der Waals surface area contributed by atoms with Gasteiger partial charge in [-0.15, -0.1) is 10.2 Å². The van der Waals surface area contributed by atoms with Gasteiger partial charge in [-0.05, 0) is 54.5 Å². The van der Waals surface area contributed by atoms with E-state index in [4.69, 9.17) is 0 Å². The lowest BCUT2D eigenvalue weighted by atomic mass is 10.1. The van der Waals surface area contributed by atoms with Crippen LogP contribution >= 0.6 is 11.8 Å². The van der Waals surface area contributed by atoms with E-state index < -0.39 is 0 Å². The van der Waals surface area contributed by atoms with Gasteiger partial charge in [-0.3, -0.25) is 9.36 Å². The van der Waals surface area contributed by atoms with Crippen LogP contribution in [0.5, 0.6) is 0 Å². The molecule has 0 spiro atoms. The Morgan fingerprint density at radius 1 is 0.738 bits per heavy atom. The highest BCUT2D eigenvalue weighted by Crippen LogP contribution is 2.26. The van der Waals surface area contributed by atoms with Crippen LogP contribution < -0.4 is 0 Å². The smallest absolute Gasteiger partial charge is 0.222 e. The number of aromatic nitrogens is 3. The van der Waals surface area contributed by atoms with Crippen molar-refractivity contribution in [1.82, 2.24) is 19.7 Å².